The Hall–Kier alpha value is -2.90. The maximum Gasteiger partial charge on any atom is 0.418 e. The predicted molar refractivity (Wildman–Crippen MR) is 84.3 cm³/mol. The lowest BCUT2D eigenvalue weighted by molar-refractivity contribution is -0.137. The van der Waals surface area contributed by atoms with Crippen LogP contribution in [-0.4, -0.2) is 19.1 Å². The van der Waals surface area contributed by atoms with Crippen LogP contribution in [0.4, 0.5) is 18.9 Å². The number of hydrogen-bond acceptors (Lipinski definition) is 4. The van der Waals surface area contributed by atoms with Crippen LogP contribution in [0.2, 0.25) is 0 Å². The molecule has 1 aliphatic rings. The highest BCUT2D eigenvalue weighted by atomic mass is 19.4. The molecule has 8 heteroatoms. The molecule has 0 radical (unpaired) electrons. The van der Waals surface area contributed by atoms with E-state index in [1.54, 1.807) is 18.2 Å². The van der Waals surface area contributed by atoms with Gasteiger partial charge in [-0.05, 0) is 29.8 Å². The molecule has 2 aromatic carbocycles. The Labute approximate surface area is 141 Å². The first-order chi connectivity index (χ1) is 11.9. The van der Waals surface area contributed by atoms with Crippen molar-refractivity contribution in [3.63, 3.8) is 0 Å². The lowest BCUT2D eigenvalue weighted by Crippen LogP contribution is -2.31. The molecular weight excluding hydrogens is 337 g/mol. The van der Waals surface area contributed by atoms with Crippen LogP contribution in [-0.2, 0) is 17.4 Å². The van der Waals surface area contributed by atoms with Crippen LogP contribution in [0, 0.1) is 0 Å². The highest BCUT2D eigenvalue weighted by Gasteiger charge is 2.33. The molecule has 0 saturated heterocycles. The van der Waals surface area contributed by atoms with E-state index < -0.39 is 17.6 Å². The van der Waals surface area contributed by atoms with E-state index >= 15 is 0 Å². The number of alkyl halides is 3. The smallest absolute Gasteiger partial charge is 0.418 e. The van der Waals surface area contributed by atoms with E-state index in [0.29, 0.717) is 30.3 Å². The molecule has 1 aliphatic heterocycles. The Balaban J connectivity index is 1.62. The Kier molecular flexibility index (Phi) is 4.69. The number of para-hydroxylation sites is 1. The Morgan fingerprint density at radius 2 is 1.76 bits per heavy atom. The molecule has 2 aromatic rings. The molecule has 0 aliphatic carbocycles. The van der Waals surface area contributed by atoms with E-state index in [9.17, 15) is 18.0 Å². The first-order valence-corrected chi connectivity index (χ1v) is 7.53. The molecule has 0 fully saturated rings. The van der Waals surface area contributed by atoms with E-state index in [4.69, 9.17) is 9.47 Å². The molecule has 2 N–H and O–H groups in total. The van der Waals surface area contributed by atoms with Crippen LogP contribution < -0.4 is 20.3 Å². The van der Waals surface area contributed by atoms with Gasteiger partial charge >= 0.3 is 6.18 Å². The number of hydrogen-bond donors (Lipinski definition) is 2. The largest absolute Gasteiger partial charge is 0.486 e. The van der Waals surface area contributed by atoms with Gasteiger partial charge in [0.25, 0.3) is 0 Å². The quantitative estimate of drug-likeness (QED) is 0.830. The first-order valence-electron chi connectivity index (χ1n) is 7.53. The standard InChI is InChI=1S/C17H15F3N2O3/c18-17(19,20)12-3-1-2-4-13(12)21-22-16(23)10-11-5-6-14-15(9-11)25-8-7-24-14/h1-6,9,21H,7-8,10H2,(H,22,23). The molecule has 25 heavy (non-hydrogen) atoms. The Bertz CT molecular complexity index is 778. The van der Waals surface area contributed by atoms with E-state index in [-0.39, 0.29) is 12.1 Å². The summed E-state index contributed by atoms with van der Waals surface area (Å²) in [5.74, 6) is 0.674. The third-order valence-corrected chi connectivity index (χ3v) is 3.54. The topological polar surface area (TPSA) is 59.6 Å². The highest BCUT2D eigenvalue weighted by Crippen LogP contribution is 2.34. The summed E-state index contributed by atoms with van der Waals surface area (Å²) >= 11 is 0. The molecule has 0 unspecified atom stereocenters. The SMILES string of the molecule is O=C(Cc1ccc2c(c1)OCCO2)NNc1ccccc1C(F)(F)F. The molecule has 1 amide bonds. The van der Waals surface area contributed by atoms with Gasteiger partial charge in [-0.25, -0.2) is 0 Å². The number of halogens is 3. The minimum atomic E-state index is -4.51. The van der Waals surface area contributed by atoms with Gasteiger partial charge in [0.15, 0.2) is 11.5 Å². The number of anilines is 1. The maximum absolute atomic E-state index is 12.9. The van der Waals surface area contributed by atoms with Crippen molar-refractivity contribution < 1.29 is 27.4 Å². The molecule has 1 heterocycles. The molecule has 0 atom stereocenters. The van der Waals surface area contributed by atoms with Gasteiger partial charge in [0.2, 0.25) is 5.91 Å². The Morgan fingerprint density at radius 1 is 1.04 bits per heavy atom. The van der Waals surface area contributed by atoms with Crippen LogP contribution in [0.15, 0.2) is 42.5 Å². The van der Waals surface area contributed by atoms with Crippen molar-refractivity contribution in [2.75, 3.05) is 18.6 Å². The summed E-state index contributed by atoms with van der Waals surface area (Å²) in [6.45, 7) is 0.897. The third-order valence-electron chi connectivity index (χ3n) is 3.54. The van der Waals surface area contributed by atoms with Gasteiger partial charge in [-0.2, -0.15) is 13.2 Å². The fourth-order valence-corrected chi connectivity index (χ4v) is 2.40. The lowest BCUT2D eigenvalue weighted by atomic mass is 10.1. The van der Waals surface area contributed by atoms with Crippen molar-refractivity contribution in [2.45, 2.75) is 12.6 Å². The zero-order valence-corrected chi connectivity index (χ0v) is 13.0. The van der Waals surface area contributed by atoms with Crippen LogP contribution in [0.25, 0.3) is 0 Å². The maximum atomic E-state index is 12.9. The van der Waals surface area contributed by atoms with Crippen molar-refractivity contribution in [3.8, 4) is 11.5 Å². The van der Waals surface area contributed by atoms with Crippen LogP contribution in [0.1, 0.15) is 11.1 Å². The summed E-state index contributed by atoms with van der Waals surface area (Å²) in [7, 11) is 0. The average molecular weight is 352 g/mol. The molecule has 0 spiro atoms. The monoisotopic (exact) mass is 352 g/mol. The minimum Gasteiger partial charge on any atom is -0.486 e. The van der Waals surface area contributed by atoms with Crippen molar-refractivity contribution in [1.29, 1.82) is 0 Å². The molecule has 0 saturated carbocycles. The first kappa shape index (κ1) is 16.9. The second kappa shape index (κ2) is 6.92. The normalized spacial score (nSPS) is 13.2. The molecule has 5 nitrogen and oxygen atoms in total. The summed E-state index contributed by atoms with van der Waals surface area (Å²) in [4.78, 5) is 12.0. The van der Waals surface area contributed by atoms with Gasteiger partial charge < -0.3 is 9.47 Å². The second-order valence-corrected chi connectivity index (χ2v) is 5.37. The molecule has 0 aromatic heterocycles. The van der Waals surface area contributed by atoms with Gasteiger partial charge in [0, 0.05) is 0 Å². The van der Waals surface area contributed by atoms with Crippen LogP contribution >= 0.6 is 0 Å². The summed E-state index contributed by atoms with van der Waals surface area (Å²) in [5.41, 5.74) is 4.20. The summed E-state index contributed by atoms with van der Waals surface area (Å²) in [6.07, 6.45) is -4.53. The minimum absolute atomic E-state index is 0.0160. The molecule has 3 rings (SSSR count). The number of amides is 1. The van der Waals surface area contributed by atoms with Crippen molar-refractivity contribution in [1.82, 2.24) is 5.43 Å². The zero-order chi connectivity index (χ0) is 17.9. The number of rotatable bonds is 4. The highest BCUT2D eigenvalue weighted by molar-refractivity contribution is 5.80. The second-order valence-electron chi connectivity index (χ2n) is 5.37. The number of ether oxygens (including phenoxy) is 2. The molecule has 0 bridgehead atoms. The van der Waals surface area contributed by atoms with E-state index in [2.05, 4.69) is 10.9 Å². The predicted octanol–water partition coefficient (Wildman–Crippen LogP) is 3.16. The number of fused-ring (bicyclic) bond motifs is 1. The van der Waals surface area contributed by atoms with Crippen LogP contribution in [0.5, 0.6) is 11.5 Å². The number of benzene rings is 2. The van der Waals surface area contributed by atoms with Crippen molar-refractivity contribution >= 4 is 11.6 Å². The van der Waals surface area contributed by atoms with Gasteiger partial charge in [-0.1, -0.05) is 18.2 Å². The van der Waals surface area contributed by atoms with E-state index in [0.717, 1.165) is 6.07 Å². The lowest BCUT2D eigenvalue weighted by Gasteiger charge is -2.19. The van der Waals surface area contributed by atoms with Gasteiger partial charge in [0.1, 0.15) is 13.2 Å². The fraction of sp³-hybridized carbons (Fsp3) is 0.235. The fourth-order valence-electron chi connectivity index (χ4n) is 2.40. The number of carbonyl (C=O) groups excluding carboxylic acids is 1. The van der Waals surface area contributed by atoms with E-state index in [1.165, 1.54) is 18.2 Å². The Morgan fingerprint density at radius 3 is 2.52 bits per heavy atom. The van der Waals surface area contributed by atoms with Crippen molar-refractivity contribution in [2.24, 2.45) is 0 Å². The molecule has 132 valence electrons. The number of carbonyl (C=O) groups is 1. The molecular formula is C17H15F3N2O3. The summed E-state index contributed by atoms with van der Waals surface area (Å²) < 4.78 is 49.5. The zero-order valence-electron chi connectivity index (χ0n) is 13.0. The van der Waals surface area contributed by atoms with Gasteiger partial charge in [-0.15, -0.1) is 0 Å². The third kappa shape index (κ3) is 4.14. The van der Waals surface area contributed by atoms with Crippen LogP contribution in [0.3, 0.4) is 0 Å². The summed E-state index contributed by atoms with van der Waals surface area (Å²) in [6, 6.07) is 10.00. The summed E-state index contributed by atoms with van der Waals surface area (Å²) in [5, 5.41) is 0. The average Bonchev–Trinajstić information content (AvgIpc) is 2.59. The van der Waals surface area contributed by atoms with Crippen molar-refractivity contribution in [3.05, 3.63) is 53.6 Å². The van der Waals surface area contributed by atoms with E-state index in [1.807, 2.05) is 0 Å². The van der Waals surface area contributed by atoms with Gasteiger partial charge in [0.05, 0.1) is 17.7 Å². The number of hydrazine groups is 1. The number of nitrogens with one attached hydrogen (secondary N) is 2. The van der Waals surface area contributed by atoms with Gasteiger partial charge in [-0.3, -0.25) is 15.6 Å².